The van der Waals surface area contributed by atoms with Crippen LogP contribution in [0.4, 0.5) is 4.79 Å². The molecule has 2 aliphatic rings. The average Bonchev–Trinajstić information content (AvgIpc) is 3.12. The maximum atomic E-state index is 11.4. The molecule has 4 heterocycles. The lowest BCUT2D eigenvalue weighted by molar-refractivity contribution is 0.177. The van der Waals surface area contributed by atoms with Gasteiger partial charge in [-0.1, -0.05) is 0 Å². The van der Waals surface area contributed by atoms with Crippen LogP contribution < -0.4 is 11.2 Å². The van der Waals surface area contributed by atoms with E-state index in [1.165, 1.54) is 0 Å². The normalized spacial score (nSPS) is 24.6. The zero-order valence-corrected chi connectivity index (χ0v) is 11.4. The summed E-state index contributed by atoms with van der Waals surface area (Å²) in [6.45, 7) is 1.31. The lowest BCUT2D eigenvalue weighted by Crippen LogP contribution is -2.50. The molecule has 4 rings (SSSR count). The molecule has 7 heteroatoms. The van der Waals surface area contributed by atoms with Crippen LogP contribution in [-0.2, 0) is 0 Å². The van der Waals surface area contributed by atoms with Gasteiger partial charge in [-0.05, 0) is 18.6 Å². The van der Waals surface area contributed by atoms with E-state index in [0.29, 0.717) is 13.1 Å². The molecule has 0 aliphatic carbocycles. The van der Waals surface area contributed by atoms with Crippen LogP contribution in [0, 0.1) is 5.92 Å². The quantitative estimate of drug-likeness (QED) is 0.795. The highest BCUT2D eigenvalue weighted by molar-refractivity contribution is 6.04. The Bertz CT molecular complexity index is 736. The van der Waals surface area contributed by atoms with Gasteiger partial charge in [0.15, 0.2) is 0 Å². The van der Waals surface area contributed by atoms with Gasteiger partial charge in [0.05, 0.1) is 11.8 Å². The van der Waals surface area contributed by atoms with Gasteiger partial charge in [-0.25, -0.2) is 9.78 Å². The lowest BCUT2D eigenvalue weighted by atomic mass is 9.87. The number of amides is 2. The van der Waals surface area contributed by atoms with E-state index in [4.69, 9.17) is 5.73 Å². The summed E-state index contributed by atoms with van der Waals surface area (Å²) >= 11 is 0. The molecule has 2 aromatic heterocycles. The highest BCUT2D eigenvalue weighted by Gasteiger charge is 2.38. The monoisotopic (exact) mass is 284 g/mol. The fourth-order valence-electron chi connectivity index (χ4n) is 3.17. The van der Waals surface area contributed by atoms with E-state index in [2.05, 4.69) is 15.5 Å². The van der Waals surface area contributed by atoms with Crippen LogP contribution in [-0.4, -0.2) is 45.2 Å². The van der Waals surface area contributed by atoms with E-state index >= 15 is 0 Å². The molecule has 0 radical (unpaired) electrons. The molecule has 1 saturated heterocycles. The number of urea groups is 1. The Morgan fingerprint density at radius 2 is 2.33 bits per heavy atom. The Morgan fingerprint density at radius 3 is 3.19 bits per heavy atom. The number of hydrogen-bond acceptors (Lipinski definition) is 4. The molecule has 0 saturated carbocycles. The molecule has 3 N–H and O–H groups in total. The van der Waals surface area contributed by atoms with Gasteiger partial charge >= 0.3 is 6.03 Å². The molecule has 21 heavy (non-hydrogen) atoms. The molecule has 108 valence electrons. The molecule has 0 spiro atoms. The second kappa shape index (κ2) is 4.47. The van der Waals surface area contributed by atoms with Gasteiger partial charge < -0.3 is 20.5 Å². The van der Waals surface area contributed by atoms with Crippen molar-refractivity contribution in [1.82, 2.24) is 19.7 Å². The number of carbonyl (C=O) groups excluding carboxylic acids is 1. The molecule has 2 amide bonds. The molecular formula is C14H16N6O. The van der Waals surface area contributed by atoms with Gasteiger partial charge in [0.2, 0.25) is 0 Å². The van der Waals surface area contributed by atoms with Gasteiger partial charge in [0.25, 0.3) is 0 Å². The number of likely N-dealkylation sites (tertiary alicyclic amines) is 1. The number of rotatable bonds is 1. The van der Waals surface area contributed by atoms with Crippen LogP contribution in [0.25, 0.3) is 5.65 Å². The zero-order chi connectivity index (χ0) is 14.4. The van der Waals surface area contributed by atoms with E-state index in [9.17, 15) is 4.79 Å². The van der Waals surface area contributed by atoms with Crippen LogP contribution in [0.2, 0.25) is 0 Å². The molecular weight excluding hydrogens is 268 g/mol. The third-order valence-corrected chi connectivity index (χ3v) is 4.31. The number of aromatic nitrogens is 2. The Hall–Kier alpha value is -2.57. The van der Waals surface area contributed by atoms with Crippen molar-refractivity contribution >= 4 is 17.4 Å². The smallest absolute Gasteiger partial charge is 0.314 e. The SMILES string of the molecule is NC(=O)N1CCC2NN=C(c3ccc4nccn4c3)C2C1. The van der Waals surface area contributed by atoms with Crippen molar-refractivity contribution in [1.29, 1.82) is 0 Å². The van der Waals surface area contributed by atoms with E-state index in [1.54, 1.807) is 11.1 Å². The summed E-state index contributed by atoms with van der Waals surface area (Å²) in [7, 11) is 0. The van der Waals surface area contributed by atoms with Crippen molar-refractivity contribution in [2.45, 2.75) is 12.5 Å². The molecule has 2 unspecified atom stereocenters. The second-order valence-electron chi connectivity index (χ2n) is 5.52. The lowest BCUT2D eigenvalue weighted by Gasteiger charge is -2.33. The first-order valence-electron chi connectivity index (χ1n) is 7.03. The van der Waals surface area contributed by atoms with Crippen molar-refractivity contribution in [3.05, 3.63) is 36.3 Å². The molecule has 1 fully saturated rings. The number of piperidine rings is 1. The van der Waals surface area contributed by atoms with Crippen molar-refractivity contribution in [3.63, 3.8) is 0 Å². The minimum Gasteiger partial charge on any atom is -0.351 e. The van der Waals surface area contributed by atoms with E-state index < -0.39 is 0 Å². The van der Waals surface area contributed by atoms with E-state index in [1.807, 2.05) is 28.9 Å². The Balaban J connectivity index is 1.66. The molecule has 7 nitrogen and oxygen atoms in total. The van der Waals surface area contributed by atoms with Crippen molar-refractivity contribution < 1.29 is 4.79 Å². The van der Waals surface area contributed by atoms with Gasteiger partial charge in [0, 0.05) is 43.2 Å². The molecule has 2 atom stereocenters. The number of imidazole rings is 1. The fourth-order valence-corrected chi connectivity index (χ4v) is 3.17. The second-order valence-corrected chi connectivity index (χ2v) is 5.52. The fraction of sp³-hybridized carbons (Fsp3) is 0.357. The largest absolute Gasteiger partial charge is 0.351 e. The predicted octanol–water partition coefficient (Wildman–Crippen LogP) is 0.411. The summed E-state index contributed by atoms with van der Waals surface area (Å²) in [5.41, 5.74) is 11.5. The van der Waals surface area contributed by atoms with Crippen molar-refractivity contribution in [2.24, 2.45) is 16.8 Å². The van der Waals surface area contributed by atoms with Crippen molar-refractivity contribution in [3.8, 4) is 0 Å². The molecule has 0 aromatic carbocycles. The number of nitrogens with zero attached hydrogens (tertiary/aromatic N) is 4. The standard InChI is InChI=1S/C14H16N6O/c15-14(21)20-5-3-11-10(8-20)13(18-17-11)9-1-2-12-16-4-6-19(12)7-9/h1-2,4,6-7,10-11,17H,3,5,8H2,(H2,15,21). The number of pyridine rings is 1. The third-order valence-electron chi connectivity index (χ3n) is 4.31. The summed E-state index contributed by atoms with van der Waals surface area (Å²) in [6.07, 6.45) is 6.57. The molecule has 0 bridgehead atoms. The van der Waals surface area contributed by atoms with Gasteiger partial charge in [-0.15, -0.1) is 0 Å². The Morgan fingerprint density at radius 1 is 1.43 bits per heavy atom. The topological polar surface area (TPSA) is 88.0 Å². The number of hydrazone groups is 1. The van der Waals surface area contributed by atoms with Gasteiger partial charge in [0.1, 0.15) is 5.65 Å². The molecule has 2 aromatic rings. The average molecular weight is 284 g/mol. The summed E-state index contributed by atoms with van der Waals surface area (Å²) in [4.78, 5) is 17.3. The predicted molar refractivity (Wildman–Crippen MR) is 77.9 cm³/mol. The minimum atomic E-state index is -0.357. The summed E-state index contributed by atoms with van der Waals surface area (Å²) < 4.78 is 1.97. The number of nitrogens with one attached hydrogen (secondary N) is 1. The Kier molecular flexibility index (Phi) is 2.60. The summed E-state index contributed by atoms with van der Waals surface area (Å²) in [6, 6.07) is 3.92. The number of fused-ring (bicyclic) bond motifs is 2. The highest BCUT2D eigenvalue weighted by Crippen LogP contribution is 2.26. The number of carbonyl (C=O) groups is 1. The maximum Gasteiger partial charge on any atom is 0.314 e. The summed E-state index contributed by atoms with van der Waals surface area (Å²) in [5, 5.41) is 4.49. The van der Waals surface area contributed by atoms with Gasteiger partial charge in [-0.3, -0.25) is 0 Å². The van der Waals surface area contributed by atoms with E-state index in [-0.39, 0.29) is 18.0 Å². The van der Waals surface area contributed by atoms with Crippen LogP contribution in [0.1, 0.15) is 12.0 Å². The highest BCUT2D eigenvalue weighted by atomic mass is 16.2. The minimum absolute atomic E-state index is 0.187. The number of hydrogen-bond donors (Lipinski definition) is 2. The zero-order valence-electron chi connectivity index (χ0n) is 11.4. The van der Waals surface area contributed by atoms with Gasteiger partial charge in [-0.2, -0.15) is 5.10 Å². The van der Waals surface area contributed by atoms with Crippen LogP contribution in [0.5, 0.6) is 0 Å². The maximum absolute atomic E-state index is 11.4. The first-order chi connectivity index (χ1) is 10.2. The first-order valence-corrected chi connectivity index (χ1v) is 7.03. The van der Waals surface area contributed by atoms with E-state index in [0.717, 1.165) is 23.3 Å². The first kappa shape index (κ1) is 12.2. The molecule has 2 aliphatic heterocycles. The van der Waals surface area contributed by atoms with Crippen LogP contribution in [0.15, 0.2) is 35.8 Å². The number of primary amides is 1. The Labute approximate surface area is 121 Å². The van der Waals surface area contributed by atoms with Crippen molar-refractivity contribution in [2.75, 3.05) is 13.1 Å². The van der Waals surface area contributed by atoms with Crippen LogP contribution >= 0.6 is 0 Å². The summed E-state index contributed by atoms with van der Waals surface area (Å²) in [5.74, 6) is 0.187. The number of nitrogens with two attached hydrogens (primary N) is 1. The third kappa shape index (κ3) is 1.93. The van der Waals surface area contributed by atoms with Crippen LogP contribution in [0.3, 0.4) is 0 Å².